The van der Waals surface area contributed by atoms with Gasteiger partial charge in [0.2, 0.25) is 11.8 Å². The zero-order valence-corrected chi connectivity index (χ0v) is 15.1. The van der Waals surface area contributed by atoms with Crippen molar-refractivity contribution in [2.45, 2.75) is 17.9 Å². The number of rotatable bonds is 8. The van der Waals surface area contributed by atoms with Gasteiger partial charge >= 0.3 is 12.0 Å². The van der Waals surface area contributed by atoms with E-state index in [-0.39, 0.29) is 28.6 Å². The highest BCUT2D eigenvalue weighted by atomic mass is 32.2. The molecule has 2 N–H and O–H groups in total. The number of nitrogens with zero attached hydrogens (tertiary/aromatic N) is 3. The van der Waals surface area contributed by atoms with Crippen LogP contribution in [0.3, 0.4) is 0 Å². The molecule has 11 heteroatoms. The first-order valence-corrected chi connectivity index (χ1v) is 9.31. The van der Waals surface area contributed by atoms with Crippen molar-refractivity contribution in [3.8, 4) is 11.8 Å². The van der Waals surface area contributed by atoms with Gasteiger partial charge in [0.15, 0.2) is 9.84 Å². The number of hydrogen-bond donors (Lipinski definition) is 2. The summed E-state index contributed by atoms with van der Waals surface area (Å²) in [6, 6.07) is 5.15. The lowest BCUT2D eigenvalue weighted by Gasteiger charge is -2.13. The zero-order chi connectivity index (χ0) is 19.3. The normalized spacial score (nSPS) is 12.4. The van der Waals surface area contributed by atoms with Gasteiger partial charge in [0.05, 0.1) is 11.5 Å². The Hall–Kier alpha value is -2.79. The molecule has 2 rings (SSSR count). The van der Waals surface area contributed by atoms with Crippen LogP contribution >= 0.6 is 0 Å². The second kappa shape index (κ2) is 8.06. The first-order valence-electron chi connectivity index (χ1n) is 7.42. The predicted molar refractivity (Wildman–Crippen MR) is 91.4 cm³/mol. The van der Waals surface area contributed by atoms with Crippen molar-refractivity contribution >= 4 is 21.8 Å². The van der Waals surface area contributed by atoms with Gasteiger partial charge in [-0.2, -0.15) is 15.0 Å². The summed E-state index contributed by atoms with van der Waals surface area (Å²) in [4.78, 5) is 22.9. The van der Waals surface area contributed by atoms with Crippen LogP contribution in [0.25, 0.3) is 0 Å². The van der Waals surface area contributed by atoms with Crippen molar-refractivity contribution in [1.82, 2.24) is 15.0 Å². The van der Waals surface area contributed by atoms with Crippen LogP contribution in [0.5, 0.6) is 11.8 Å². The minimum absolute atomic E-state index is 0.0182. The summed E-state index contributed by atoms with van der Waals surface area (Å²) >= 11 is 0. The van der Waals surface area contributed by atoms with E-state index in [2.05, 4.69) is 20.3 Å². The van der Waals surface area contributed by atoms with Crippen molar-refractivity contribution in [3.05, 3.63) is 30.1 Å². The zero-order valence-electron chi connectivity index (χ0n) is 14.3. The highest BCUT2D eigenvalue weighted by molar-refractivity contribution is 7.90. The molecule has 2 aromatic rings. The number of nitrogens with one attached hydrogen (secondary N) is 1. The standard InChI is InChI=1S/C15H18N4O6S/c1-9(8-24-2)16-14-17-12(13(20)21)18-15(19-14)25-10-4-6-11(7-5-10)26(3,22)23/h4-7,9H,8H2,1-3H3,(H,20,21)(H,16,17,18,19). The second-order valence-electron chi connectivity index (χ2n) is 5.42. The molecular weight excluding hydrogens is 364 g/mol. The minimum atomic E-state index is -3.33. The maximum absolute atomic E-state index is 11.5. The van der Waals surface area contributed by atoms with E-state index in [1.54, 1.807) is 6.92 Å². The Morgan fingerprint density at radius 3 is 2.42 bits per heavy atom. The van der Waals surface area contributed by atoms with Crippen LogP contribution < -0.4 is 10.1 Å². The van der Waals surface area contributed by atoms with Gasteiger partial charge in [0.25, 0.3) is 0 Å². The summed E-state index contributed by atoms with van der Waals surface area (Å²) in [6.07, 6.45) is 1.09. The molecule has 0 aliphatic carbocycles. The molecule has 1 atom stereocenters. The summed E-state index contributed by atoms with van der Waals surface area (Å²) in [5, 5.41) is 12.0. The number of hydrogen-bond acceptors (Lipinski definition) is 9. The van der Waals surface area contributed by atoms with Crippen molar-refractivity contribution in [3.63, 3.8) is 0 Å². The molecule has 1 aromatic carbocycles. The Labute approximate surface area is 150 Å². The van der Waals surface area contributed by atoms with Crippen molar-refractivity contribution in [2.75, 3.05) is 25.3 Å². The fraction of sp³-hybridized carbons (Fsp3) is 0.333. The van der Waals surface area contributed by atoms with Crippen LogP contribution in [-0.2, 0) is 14.6 Å². The van der Waals surface area contributed by atoms with Gasteiger partial charge in [-0.25, -0.2) is 13.2 Å². The monoisotopic (exact) mass is 382 g/mol. The van der Waals surface area contributed by atoms with Gasteiger partial charge in [-0.3, -0.25) is 0 Å². The molecule has 0 saturated heterocycles. The number of anilines is 1. The third-order valence-corrected chi connectivity index (χ3v) is 4.19. The average molecular weight is 382 g/mol. The van der Waals surface area contributed by atoms with E-state index >= 15 is 0 Å². The molecule has 1 heterocycles. The van der Waals surface area contributed by atoms with Crippen LogP contribution in [0.1, 0.15) is 17.5 Å². The molecule has 10 nitrogen and oxygen atoms in total. The van der Waals surface area contributed by atoms with E-state index in [9.17, 15) is 13.2 Å². The van der Waals surface area contributed by atoms with E-state index in [1.165, 1.54) is 31.4 Å². The smallest absolute Gasteiger partial charge is 0.374 e. The predicted octanol–water partition coefficient (Wildman–Crippen LogP) is 1.21. The Morgan fingerprint density at radius 1 is 1.23 bits per heavy atom. The SMILES string of the molecule is COCC(C)Nc1nc(Oc2ccc(S(C)(=O)=O)cc2)nc(C(=O)O)n1. The molecule has 1 aromatic heterocycles. The number of aromatic nitrogens is 3. The number of carboxylic acids is 1. The molecule has 26 heavy (non-hydrogen) atoms. The van der Waals surface area contributed by atoms with E-state index in [0.29, 0.717) is 6.61 Å². The molecule has 0 aliphatic rings. The topological polar surface area (TPSA) is 141 Å². The molecule has 140 valence electrons. The first kappa shape index (κ1) is 19.5. The van der Waals surface area contributed by atoms with Crippen LogP contribution in [0.4, 0.5) is 5.95 Å². The summed E-state index contributed by atoms with van der Waals surface area (Å²) in [5.41, 5.74) is 0. The number of carbonyl (C=O) groups is 1. The number of aromatic carboxylic acids is 1. The van der Waals surface area contributed by atoms with E-state index in [0.717, 1.165) is 6.26 Å². The fourth-order valence-electron chi connectivity index (χ4n) is 1.93. The molecule has 0 bridgehead atoms. The molecule has 0 spiro atoms. The highest BCUT2D eigenvalue weighted by Crippen LogP contribution is 2.21. The minimum Gasteiger partial charge on any atom is -0.475 e. The average Bonchev–Trinajstić information content (AvgIpc) is 2.54. The van der Waals surface area contributed by atoms with Gasteiger partial charge < -0.3 is 19.9 Å². The number of benzene rings is 1. The van der Waals surface area contributed by atoms with Crippen LogP contribution in [-0.4, -0.2) is 60.5 Å². The maximum Gasteiger partial charge on any atom is 0.374 e. The first-order chi connectivity index (χ1) is 12.2. The number of methoxy groups -OCH3 is 1. The van der Waals surface area contributed by atoms with Crippen LogP contribution in [0, 0.1) is 0 Å². The highest BCUT2D eigenvalue weighted by Gasteiger charge is 2.15. The van der Waals surface area contributed by atoms with Crippen LogP contribution in [0.15, 0.2) is 29.2 Å². The summed E-state index contributed by atoms with van der Waals surface area (Å²) in [6.45, 7) is 2.16. The molecule has 0 saturated carbocycles. The van der Waals surface area contributed by atoms with Gasteiger partial charge in [0.1, 0.15) is 5.75 Å². The lowest BCUT2D eigenvalue weighted by atomic mass is 10.3. The lowest BCUT2D eigenvalue weighted by molar-refractivity contribution is 0.0682. The van der Waals surface area contributed by atoms with Crippen molar-refractivity contribution in [2.24, 2.45) is 0 Å². The van der Waals surface area contributed by atoms with E-state index in [1.807, 2.05) is 0 Å². The largest absolute Gasteiger partial charge is 0.475 e. The summed E-state index contributed by atoms with van der Waals surface area (Å²) in [5.74, 6) is -1.57. The Bertz CT molecular complexity index is 886. The van der Waals surface area contributed by atoms with Crippen molar-refractivity contribution < 1.29 is 27.8 Å². The summed E-state index contributed by atoms with van der Waals surface area (Å²) in [7, 11) is -1.80. The molecular formula is C15H18N4O6S. The van der Waals surface area contributed by atoms with Gasteiger partial charge in [0, 0.05) is 19.4 Å². The number of sulfone groups is 1. The summed E-state index contributed by atoms with van der Waals surface area (Å²) < 4.78 is 33.3. The van der Waals surface area contributed by atoms with Gasteiger partial charge in [-0.1, -0.05) is 0 Å². The van der Waals surface area contributed by atoms with Crippen molar-refractivity contribution in [1.29, 1.82) is 0 Å². The van der Waals surface area contributed by atoms with E-state index < -0.39 is 21.6 Å². The Morgan fingerprint density at radius 2 is 1.88 bits per heavy atom. The second-order valence-corrected chi connectivity index (χ2v) is 7.43. The third kappa shape index (κ3) is 5.36. The molecule has 1 unspecified atom stereocenters. The lowest BCUT2D eigenvalue weighted by Crippen LogP contribution is -2.23. The number of ether oxygens (including phenoxy) is 2. The fourth-order valence-corrected chi connectivity index (χ4v) is 2.57. The quantitative estimate of drug-likeness (QED) is 0.684. The molecule has 0 fully saturated rings. The number of carboxylic acid groups (broad SMARTS) is 1. The third-order valence-electron chi connectivity index (χ3n) is 3.06. The van der Waals surface area contributed by atoms with E-state index in [4.69, 9.17) is 14.6 Å². The molecule has 0 aliphatic heterocycles. The van der Waals surface area contributed by atoms with Crippen LogP contribution in [0.2, 0.25) is 0 Å². The van der Waals surface area contributed by atoms with Gasteiger partial charge in [-0.15, -0.1) is 0 Å². The molecule has 0 radical (unpaired) electrons. The Kier molecular flexibility index (Phi) is 6.05. The maximum atomic E-state index is 11.5. The molecule has 0 amide bonds. The van der Waals surface area contributed by atoms with Gasteiger partial charge in [-0.05, 0) is 31.2 Å². The Balaban J connectivity index is 2.27.